The average Bonchev–Trinajstić information content (AvgIpc) is 2.14. The lowest BCUT2D eigenvalue weighted by molar-refractivity contribution is -0.142. The first-order chi connectivity index (χ1) is 6.89. The van der Waals surface area contributed by atoms with Gasteiger partial charge in [0, 0.05) is 12.5 Å². The van der Waals surface area contributed by atoms with E-state index < -0.39 is 3.79 Å². The van der Waals surface area contributed by atoms with Gasteiger partial charge in [0.2, 0.25) is 3.79 Å². The third-order valence-electron chi connectivity index (χ3n) is 1.72. The van der Waals surface area contributed by atoms with Gasteiger partial charge in [0.05, 0.1) is 0 Å². The second-order valence-electron chi connectivity index (χ2n) is 2.97. The summed E-state index contributed by atoms with van der Waals surface area (Å²) in [6.07, 6.45) is 0. The van der Waals surface area contributed by atoms with Gasteiger partial charge >= 0.3 is 5.97 Å². The van der Waals surface area contributed by atoms with Gasteiger partial charge in [-0.3, -0.25) is 4.79 Å². The van der Waals surface area contributed by atoms with E-state index in [-0.39, 0.29) is 12.6 Å². The second-order valence-corrected chi connectivity index (χ2v) is 5.26. The van der Waals surface area contributed by atoms with Crippen molar-refractivity contribution in [1.82, 2.24) is 0 Å². The van der Waals surface area contributed by atoms with E-state index in [9.17, 15) is 4.79 Å². The number of alkyl halides is 3. The number of carbonyl (C=O) groups is 1. The van der Waals surface area contributed by atoms with Crippen LogP contribution < -0.4 is 0 Å². The van der Waals surface area contributed by atoms with E-state index in [1.807, 2.05) is 0 Å². The Morgan fingerprint density at radius 2 is 1.80 bits per heavy atom. The van der Waals surface area contributed by atoms with Crippen LogP contribution in [-0.4, -0.2) is 5.97 Å². The first-order valence-corrected chi connectivity index (χ1v) is 5.32. The lowest BCUT2D eigenvalue weighted by Crippen LogP contribution is -2.02. The zero-order valence-corrected chi connectivity index (χ0v) is 10.2. The van der Waals surface area contributed by atoms with E-state index in [1.54, 1.807) is 24.3 Å². The Morgan fingerprint density at radius 1 is 1.27 bits per heavy atom. The molecule has 0 spiro atoms. The number of hydrogen-bond donors (Lipinski definition) is 0. The Bertz CT molecular complexity index is 341. The Balaban J connectivity index is 2.69. The third-order valence-corrected chi connectivity index (χ3v) is 2.38. The molecule has 0 heterocycles. The minimum absolute atomic E-state index is 0.232. The molecule has 1 aromatic rings. The van der Waals surface area contributed by atoms with Crippen LogP contribution in [0.1, 0.15) is 18.1 Å². The van der Waals surface area contributed by atoms with Gasteiger partial charge in [0.25, 0.3) is 0 Å². The zero-order chi connectivity index (χ0) is 11.5. The Kier molecular flexibility index (Phi) is 4.26. The van der Waals surface area contributed by atoms with Crippen LogP contribution in [0.5, 0.6) is 0 Å². The molecule has 0 atom stereocenters. The maximum atomic E-state index is 10.6. The van der Waals surface area contributed by atoms with Gasteiger partial charge in [-0.25, -0.2) is 0 Å². The molecule has 0 unspecified atom stereocenters. The van der Waals surface area contributed by atoms with Crippen molar-refractivity contribution in [1.29, 1.82) is 0 Å². The average molecular weight is 268 g/mol. The smallest absolute Gasteiger partial charge is 0.302 e. The number of hydrogen-bond acceptors (Lipinski definition) is 2. The molecule has 0 aromatic heterocycles. The molecule has 1 rings (SSSR count). The molecule has 0 aliphatic rings. The van der Waals surface area contributed by atoms with E-state index in [2.05, 4.69) is 0 Å². The van der Waals surface area contributed by atoms with Crippen molar-refractivity contribution >= 4 is 40.8 Å². The largest absolute Gasteiger partial charge is 0.461 e. The van der Waals surface area contributed by atoms with Gasteiger partial charge in [-0.2, -0.15) is 0 Å². The number of esters is 1. The highest BCUT2D eigenvalue weighted by Gasteiger charge is 2.21. The molecular formula is C10H9Cl3O2. The molecule has 0 N–H and O–H groups in total. The molecular weight excluding hydrogens is 258 g/mol. The van der Waals surface area contributed by atoms with E-state index in [1.165, 1.54) is 6.92 Å². The van der Waals surface area contributed by atoms with Crippen LogP contribution in [0.15, 0.2) is 24.3 Å². The van der Waals surface area contributed by atoms with Crippen molar-refractivity contribution in [2.24, 2.45) is 0 Å². The fourth-order valence-electron chi connectivity index (χ4n) is 0.975. The molecule has 0 radical (unpaired) electrons. The lowest BCUT2D eigenvalue weighted by atomic mass is 10.1. The predicted octanol–water partition coefficient (Wildman–Crippen LogP) is 3.58. The van der Waals surface area contributed by atoms with Crippen LogP contribution in [0.2, 0.25) is 0 Å². The van der Waals surface area contributed by atoms with Crippen LogP contribution >= 0.6 is 34.8 Å². The van der Waals surface area contributed by atoms with Crippen LogP contribution in [0.4, 0.5) is 0 Å². The molecule has 82 valence electrons. The van der Waals surface area contributed by atoms with E-state index in [0.29, 0.717) is 5.56 Å². The van der Waals surface area contributed by atoms with E-state index in [0.717, 1.165) is 5.56 Å². The SMILES string of the molecule is CC(=O)OCc1ccc(C(Cl)(Cl)Cl)cc1. The molecule has 0 saturated carbocycles. The van der Waals surface area contributed by atoms with Crippen molar-refractivity contribution in [3.63, 3.8) is 0 Å². The molecule has 0 saturated heterocycles. The maximum Gasteiger partial charge on any atom is 0.302 e. The first-order valence-electron chi connectivity index (χ1n) is 4.19. The summed E-state index contributed by atoms with van der Waals surface area (Å²) in [4.78, 5) is 10.6. The van der Waals surface area contributed by atoms with Crippen molar-refractivity contribution in [2.45, 2.75) is 17.3 Å². The summed E-state index contributed by atoms with van der Waals surface area (Å²) in [6.45, 7) is 1.59. The van der Waals surface area contributed by atoms with Gasteiger partial charge in [-0.05, 0) is 5.56 Å². The normalized spacial score (nSPS) is 11.2. The molecule has 2 nitrogen and oxygen atoms in total. The van der Waals surface area contributed by atoms with Gasteiger partial charge in [0.15, 0.2) is 0 Å². The molecule has 0 bridgehead atoms. The van der Waals surface area contributed by atoms with Crippen molar-refractivity contribution in [2.75, 3.05) is 0 Å². The summed E-state index contributed by atoms with van der Waals surface area (Å²) in [7, 11) is 0. The minimum Gasteiger partial charge on any atom is -0.461 e. The predicted molar refractivity (Wildman–Crippen MR) is 61.1 cm³/mol. The van der Waals surface area contributed by atoms with Crippen molar-refractivity contribution < 1.29 is 9.53 Å². The molecule has 0 amide bonds. The third kappa shape index (κ3) is 4.29. The van der Waals surface area contributed by atoms with Gasteiger partial charge in [-0.15, -0.1) is 0 Å². The molecule has 0 aliphatic heterocycles. The topological polar surface area (TPSA) is 26.3 Å². The van der Waals surface area contributed by atoms with Crippen LogP contribution in [0.25, 0.3) is 0 Å². The summed E-state index contributed by atoms with van der Waals surface area (Å²) >= 11 is 17.1. The molecule has 5 heteroatoms. The van der Waals surface area contributed by atoms with Crippen LogP contribution in [-0.2, 0) is 19.9 Å². The van der Waals surface area contributed by atoms with Crippen LogP contribution in [0.3, 0.4) is 0 Å². The van der Waals surface area contributed by atoms with Crippen molar-refractivity contribution in [3.8, 4) is 0 Å². The fourth-order valence-corrected chi connectivity index (χ4v) is 1.35. The monoisotopic (exact) mass is 266 g/mol. The molecule has 0 aliphatic carbocycles. The van der Waals surface area contributed by atoms with Crippen LogP contribution in [0, 0.1) is 0 Å². The number of ether oxygens (including phenoxy) is 1. The number of carbonyl (C=O) groups excluding carboxylic acids is 1. The Morgan fingerprint density at radius 3 is 2.20 bits per heavy atom. The summed E-state index contributed by atoms with van der Waals surface area (Å²) in [6, 6.07) is 6.87. The Labute approximate surface area is 103 Å². The maximum absolute atomic E-state index is 10.6. The minimum atomic E-state index is -1.42. The highest BCUT2D eigenvalue weighted by molar-refractivity contribution is 6.66. The summed E-state index contributed by atoms with van der Waals surface area (Å²) in [5, 5.41) is 0. The Hall–Kier alpha value is -0.440. The quantitative estimate of drug-likeness (QED) is 0.605. The molecule has 1 aromatic carbocycles. The fraction of sp³-hybridized carbons (Fsp3) is 0.300. The zero-order valence-electron chi connectivity index (χ0n) is 7.97. The van der Waals surface area contributed by atoms with Gasteiger partial charge in [-0.1, -0.05) is 59.1 Å². The molecule has 0 fully saturated rings. The number of halogens is 3. The second kappa shape index (κ2) is 5.06. The first kappa shape index (κ1) is 12.6. The number of rotatable bonds is 2. The highest BCUT2D eigenvalue weighted by Crippen LogP contribution is 2.37. The summed E-state index contributed by atoms with van der Waals surface area (Å²) < 4.78 is 3.40. The summed E-state index contributed by atoms with van der Waals surface area (Å²) in [5.74, 6) is -0.319. The highest BCUT2D eigenvalue weighted by atomic mass is 35.6. The standard InChI is InChI=1S/C10H9Cl3O2/c1-7(14)15-6-8-2-4-9(5-3-8)10(11,12)13/h2-5H,6H2,1H3. The number of benzene rings is 1. The van der Waals surface area contributed by atoms with E-state index >= 15 is 0 Å². The summed E-state index contributed by atoms with van der Waals surface area (Å²) in [5.41, 5.74) is 1.43. The van der Waals surface area contributed by atoms with E-state index in [4.69, 9.17) is 39.5 Å². The van der Waals surface area contributed by atoms with Gasteiger partial charge < -0.3 is 4.74 Å². The molecule has 15 heavy (non-hydrogen) atoms. The van der Waals surface area contributed by atoms with Crippen molar-refractivity contribution in [3.05, 3.63) is 35.4 Å². The van der Waals surface area contributed by atoms with Gasteiger partial charge in [0.1, 0.15) is 6.61 Å². The lowest BCUT2D eigenvalue weighted by Gasteiger charge is -2.11.